The first-order chi connectivity index (χ1) is 12.3. The zero-order valence-corrected chi connectivity index (χ0v) is 13.6. The Hall–Kier alpha value is -3.01. The van der Waals surface area contributed by atoms with Crippen molar-refractivity contribution in [3.63, 3.8) is 0 Å². The Morgan fingerprint density at radius 3 is 2.50 bits per heavy atom. The molecule has 0 spiro atoms. The largest absolute Gasteiger partial charge is 0.481 e. The van der Waals surface area contributed by atoms with Gasteiger partial charge in [-0.05, 0) is 35.9 Å². The molecule has 0 atom stereocenters. The van der Waals surface area contributed by atoms with Crippen LogP contribution in [0.4, 0.5) is 17.6 Å². The van der Waals surface area contributed by atoms with Gasteiger partial charge in [0.2, 0.25) is 5.91 Å². The molecule has 1 N–H and O–H groups in total. The Bertz CT molecular complexity index is 805. The van der Waals surface area contributed by atoms with Crippen LogP contribution in [0.1, 0.15) is 11.1 Å². The van der Waals surface area contributed by atoms with E-state index in [1.54, 1.807) is 0 Å². The lowest BCUT2D eigenvalue weighted by Crippen LogP contribution is -2.25. The molecule has 0 fully saturated rings. The van der Waals surface area contributed by atoms with Crippen molar-refractivity contribution in [1.29, 1.82) is 0 Å². The van der Waals surface area contributed by atoms with E-state index in [-0.39, 0.29) is 37.0 Å². The highest BCUT2D eigenvalue weighted by Gasteiger charge is 2.30. The zero-order valence-electron chi connectivity index (χ0n) is 13.6. The quantitative estimate of drug-likeness (QED) is 0.650. The highest BCUT2D eigenvalue weighted by molar-refractivity contribution is 5.78. The predicted molar refractivity (Wildman–Crippen MR) is 87.8 cm³/mol. The minimum Gasteiger partial charge on any atom is -0.481 e. The lowest BCUT2D eigenvalue weighted by atomic mass is 10.1. The van der Waals surface area contributed by atoms with Gasteiger partial charge < -0.3 is 10.1 Å². The van der Waals surface area contributed by atoms with Crippen LogP contribution in [0.2, 0.25) is 0 Å². The molecular weight excluding hydrogens is 350 g/mol. The van der Waals surface area contributed by atoms with E-state index in [1.807, 2.05) is 0 Å². The molecule has 2 aromatic carbocycles. The van der Waals surface area contributed by atoms with Crippen LogP contribution in [0.15, 0.2) is 48.5 Å². The summed E-state index contributed by atoms with van der Waals surface area (Å²) in [5.74, 6) is 4.65. The van der Waals surface area contributed by atoms with Crippen LogP contribution in [0.3, 0.4) is 0 Å². The molecule has 0 aromatic heterocycles. The summed E-state index contributed by atoms with van der Waals surface area (Å²) in [5.41, 5.74) is -0.124. The van der Waals surface area contributed by atoms with Crippen LogP contribution in [0, 0.1) is 17.7 Å². The maximum atomic E-state index is 12.8. The van der Waals surface area contributed by atoms with Gasteiger partial charge in [-0.25, -0.2) is 4.39 Å². The van der Waals surface area contributed by atoms with Gasteiger partial charge in [0, 0.05) is 0 Å². The van der Waals surface area contributed by atoms with Crippen molar-refractivity contribution in [3.05, 3.63) is 65.5 Å². The summed E-state index contributed by atoms with van der Waals surface area (Å²) in [5, 5.41) is 2.56. The minimum absolute atomic E-state index is 0.0643. The number of halogens is 4. The minimum atomic E-state index is -4.43. The van der Waals surface area contributed by atoms with Crippen molar-refractivity contribution in [2.75, 3.05) is 13.2 Å². The van der Waals surface area contributed by atoms with Gasteiger partial charge in [-0.1, -0.05) is 30.0 Å². The predicted octanol–water partition coefficient (Wildman–Crippen LogP) is 3.59. The third-order valence-electron chi connectivity index (χ3n) is 3.25. The van der Waals surface area contributed by atoms with E-state index in [0.29, 0.717) is 5.56 Å². The van der Waals surface area contributed by atoms with E-state index in [4.69, 9.17) is 4.74 Å². The number of rotatable bonds is 5. The van der Waals surface area contributed by atoms with Gasteiger partial charge in [0.15, 0.2) is 0 Å². The van der Waals surface area contributed by atoms with E-state index in [0.717, 1.165) is 12.1 Å². The Morgan fingerprint density at radius 2 is 1.81 bits per heavy atom. The Labute approximate surface area is 148 Å². The number of hydrogen-bond acceptors (Lipinski definition) is 2. The third kappa shape index (κ3) is 6.48. The molecule has 0 aliphatic carbocycles. The number of carbonyl (C=O) groups is 1. The fraction of sp³-hybridized carbons (Fsp3) is 0.211. The van der Waals surface area contributed by atoms with Gasteiger partial charge in [0.1, 0.15) is 18.2 Å². The highest BCUT2D eigenvalue weighted by atomic mass is 19.4. The van der Waals surface area contributed by atoms with Gasteiger partial charge in [-0.3, -0.25) is 4.79 Å². The number of hydrogen-bond donors (Lipinski definition) is 1. The molecule has 0 bridgehead atoms. The van der Waals surface area contributed by atoms with Crippen molar-refractivity contribution in [3.8, 4) is 17.6 Å². The molecule has 0 heterocycles. The first kappa shape index (κ1) is 19.3. The second kappa shape index (κ2) is 8.90. The van der Waals surface area contributed by atoms with E-state index < -0.39 is 11.7 Å². The maximum Gasteiger partial charge on any atom is 0.416 e. The fourth-order valence-corrected chi connectivity index (χ4v) is 1.99. The molecule has 2 aromatic rings. The molecule has 0 radical (unpaired) electrons. The number of carbonyl (C=O) groups excluding carboxylic acids is 1. The number of benzene rings is 2. The molecule has 0 unspecified atom stereocenters. The molecule has 0 saturated heterocycles. The van der Waals surface area contributed by atoms with Crippen molar-refractivity contribution in [2.24, 2.45) is 0 Å². The summed E-state index contributed by atoms with van der Waals surface area (Å²) in [6.45, 7) is -0.0267. The van der Waals surface area contributed by atoms with E-state index in [1.165, 1.54) is 36.4 Å². The lowest BCUT2D eigenvalue weighted by molar-refractivity contribution is -0.137. The summed E-state index contributed by atoms with van der Waals surface area (Å²) in [7, 11) is 0. The molecular formula is C19H15F4NO2. The second-order valence-electron chi connectivity index (χ2n) is 5.25. The van der Waals surface area contributed by atoms with Gasteiger partial charge in [0.25, 0.3) is 0 Å². The van der Waals surface area contributed by atoms with Gasteiger partial charge in [-0.15, -0.1) is 0 Å². The number of ether oxygens (including phenoxy) is 1. The summed E-state index contributed by atoms with van der Waals surface area (Å²) in [6, 6.07) is 10.1. The molecule has 26 heavy (non-hydrogen) atoms. The van der Waals surface area contributed by atoms with Crippen molar-refractivity contribution in [1.82, 2.24) is 5.32 Å². The van der Waals surface area contributed by atoms with E-state index in [9.17, 15) is 22.4 Å². The average Bonchev–Trinajstić information content (AvgIpc) is 2.59. The number of nitrogens with one attached hydrogen (secondary N) is 1. The van der Waals surface area contributed by atoms with Crippen molar-refractivity contribution >= 4 is 5.91 Å². The average molecular weight is 365 g/mol. The monoisotopic (exact) mass is 365 g/mol. The fourth-order valence-electron chi connectivity index (χ4n) is 1.99. The van der Waals surface area contributed by atoms with Crippen molar-refractivity contribution in [2.45, 2.75) is 12.6 Å². The number of amides is 1. The highest BCUT2D eigenvalue weighted by Crippen LogP contribution is 2.31. The zero-order chi connectivity index (χ0) is 19.0. The normalized spacial score (nSPS) is 10.6. The topological polar surface area (TPSA) is 38.3 Å². The first-order valence-electron chi connectivity index (χ1n) is 7.61. The second-order valence-corrected chi connectivity index (χ2v) is 5.25. The number of alkyl halides is 3. The Balaban J connectivity index is 1.72. The summed E-state index contributed by atoms with van der Waals surface area (Å²) < 4.78 is 55.6. The summed E-state index contributed by atoms with van der Waals surface area (Å²) in [4.78, 5) is 11.7. The molecule has 7 heteroatoms. The molecule has 136 valence electrons. The smallest absolute Gasteiger partial charge is 0.416 e. The molecule has 3 nitrogen and oxygen atoms in total. The molecule has 0 saturated carbocycles. The van der Waals surface area contributed by atoms with E-state index in [2.05, 4.69) is 17.2 Å². The molecule has 2 rings (SSSR count). The third-order valence-corrected chi connectivity index (χ3v) is 3.25. The van der Waals surface area contributed by atoms with Crippen molar-refractivity contribution < 1.29 is 27.1 Å². The Morgan fingerprint density at radius 1 is 1.08 bits per heavy atom. The van der Waals surface area contributed by atoms with Crippen LogP contribution in [-0.2, 0) is 17.4 Å². The Kier molecular flexibility index (Phi) is 6.61. The lowest BCUT2D eigenvalue weighted by Gasteiger charge is -2.08. The van der Waals surface area contributed by atoms with E-state index >= 15 is 0 Å². The summed E-state index contributed by atoms with van der Waals surface area (Å²) in [6.07, 6.45) is -4.33. The molecule has 0 aliphatic heterocycles. The van der Waals surface area contributed by atoms with Crippen LogP contribution < -0.4 is 10.1 Å². The van der Waals surface area contributed by atoms with Crippen LogP contribution in [0.5, 0.6) is 5.75 Å². The van der Waals surface area contributed by atoms with Gasteiger partial charge in [-0.2, -0.15) is 13.2 Å². The van der Waals surface area contributed by atoms with Crippen LogP contribution in [-0.4, -0.2) is 19.1 Å². The molecule has 1 amide bonds. The maximum absolute atomic E-state index is 12.8. The van der Waals surface area contributed by atoms with Gasteiger partial charge >= 0.3 is 6.18 Å². The van der Waals surface area contributed by atoms with Gasteiger partial charge in [0.05, 0.1) is 18.5 Å². The standard InChI is InChI=1S/C19H15F4NO2/c20-16-8-6-14(7-9-16)12-18(25)24-10-1-2-11-26-17-5-3-4-15(13-17)19(21,22)23/h3-9,13H,10-12H2,(H,24,25). The SMILES string of the molecule is O=C(Cc1ccc(F)cc1)NCC#CCOc1cccc(C(F)(F)F)c1. The molecule has 0 aliphatic rings. The summed E-state index contributed by atoms with van der Waals surface area (Å²) >= 11 is 0. The first-order valence-corrected chi connectivity index (χ1v) is 7.61. The van der Waals surface area contributed by atoms with Crippen LogP contribution in [0.25, 0.3) is 0 Å². The van der Waals surface area contributed by atoms with Crippen LogP contribution >= 0.6 is 0 Å².